The Morgan fingerprint density at radius 3 is 2.43 bits per heavy atom. The second kappa shape index (κ2) is 6.57. The fraction of sp³-hybridized carbons (Fsp3) is 0.688. The molecule has 1 aliphatic heterocycles. The molecule has 0 aliphatic carbocycles. The number of rotatable bonds is 4. The van der Waals surface area contributed by atoms with Crippen molar-refractivity contribution in [3.8, 4) is 0 Å². The quantitative estimate of drug-likeness (QED) is 0.879. The number of aryl methyl sites for hydroxylation is 1. The average Bonchev–Trinajstić information content (AvgIpc) is 2.80. The van der Waals surface area contributed by atoms with Crippen LogP contribution in [0.15, 0.2) is 0 Å². The van der Waals surface area contributed by atoms with Gasteiger partial charge in [-0.15, -0.1) is 11.3 Å². The number of hydrogen-bond donors (Lipinski definition) is 2. The summed E-state index contributed by atoms with van der Waals surface area (Å²) in [7, 11) is 0. The smallest absolute Gasteiger partial charge is 0.305 e. The molecule has 0 radical (unpaired) electrons. The first-order valence-electron chi connectivity index (χ1n) is 7.73. The molecule has 23 heavy (non-hydrogen) atoms. The molecule has 7 heteroatoms. The van der Waals surface area contributed by atoms with Gasteiger partial charge in [0.1, 0.15) is 4.88 Å². The number of amides is 1. The summed E-state index contributed by atoms with van der Waals surface area (Å²) in [5.74, 6) is -1.15. The van der Waals surface area contributed by atoms with Gasteiger partial charge >= 0.3 is 5.97 Å². The summed E-state index contributed by atoms with van der Waals surface area (Å²) in [6.07, 6.45) is 0.927. The van der Waals surface area contributed by atoms with Gasteiger partial charge in [0, 0.05) is 18.6 Å². The minimum Gasteiger partial charge on any atom is -0.481 e. The molecule has 128 valence electrons. The third-order valence-corrected chi connectivity index (χ3v) is 5.54. The van der Waals surface area contributed by atoms with Crippen molar-refractivity contribution in [3.63, 3.8) is 0 Å². The molecule has 0 bridgehead atoms. The lowest BCUT2D eigenvalue weighted by Gasteiger charge is -2.36. The highest BCUT2D eigenvalue weighted by Gasteiger charge is 2.37. The highest BCUT2D eigenvalue weighted by atomic mass is 32.1. The molecule has 1 aromatic heterocycles. The van der Waals surface area contributed by atoms with Crippen LogP contribution in [-0.2, 0) is 14.9 Å². The Morgan fingerprint density at radius 1 is 1.35 bits per heavy atom. The number of carbonyl (C=O) groups is 2. The highest BCUT2D eigenvalue weighted by molar-refractivity contribution is 7.14. The van der Waals surface area contributed by atoms with Crippen LogP contribution in [0.5, 0.6) is 0 Å². The number of thiazole rings is 1. The van der Waals surface area contributed by atoms with Crippen molar-refractivity contribution in [2.75, 3.05) is 13.2 Å². The maximum absolute atomic E-state index is 12.7. The van der Waals surface area contributed by atoms with E-state index >= 15 is 0 Å². The molecule has 1 fully saturated rings. The van der Waals surface area contributed by atoms with Crippen molar-refractivity contribution in [1.29, 1.82) is 0 Å². The summed E-state index contributed by atoms with van der Waals surface area (Å²) in [6.45, 7) is 8.89. The van der Waals surface area contributed by atoms with E-state index in [1.54, 1.807) is 0 Å². The third kappa shape index (κ3) is 4.29. The molecule has 0 aromatic carbocycles. The second-order valence-corrected chi connectivity index (χ2v) is 8.10. The van der Waals surface area contributed by atoms with Gasteiger partial charge in [-0.05, 0) is 19.8 Å². The number of aliphatic carboxylic acids is 1. The van der Waals surface area contributed by atoms with Gasteiger partial charge in [0.2, 0.25) is 0 Å². The van der Waals surface area contributed by atoms with E-state index in [1.807, 2.05) is 6.92 Å². The van der Waals surface area contributed by atoms with Crippen LogP contribution in [0.25, 0.3) is 0 Å². The Balaban J connectivity index is 2.22. The van der Waals surface area contributed by atoms with Crippen molar-refractivity contribution in [3.05, 3.63) is 15.6 Å². The molecular formula is C16H24N2O4S. The Labute approximate surface area is 140 Å². The Hall–Kier alpha value is -1.47. The van der Waals surface area contributed by atoms with Crippen LogP contribution in [-0.4, -0.2) is 40.7 Å². The van der Waals surface area contributed by atoms with Gasteiger partial charge in [-0.1, -0.05) is 20.8 Å². The first-order chi connectivity index (χ1) is 10.6. The van der Waals surface area contributed by atoms with Crippen LogP contribution < -0.4 is 5.32 Å². The van der Waals surface area contributed by atoms with Crippen LogP contribution in [0, 0.1) is 6.92 Å². The Morgan fingerprint density at radius 2 is 1.96 bits per heavy atom. The molecule has 1 amide bonds. The van der Waals surface area contributed by atoms with E-state index in [4.69, 9.17) is 4.74 Å². The van der Waals surface area contributed by atoms with Crippen molar-refractivity contribution in [1.82, 2.24) is 10.3 Å². The van der Waals surface area contributed by atoms with Crippen molar-refractivity contribution >= 4 is 23.2 Å². The van der Waals surface area contributed by atoms with Gasteiger partial charge < -0.3 is 15.2 Å². The van der Waals surface area contributed by atoms with E-state index in [0.29, 0.717) is 36.6 Å². The molecule has 1 saturated heterocycles. The van der Waals surface area contributed by atoms with Crippen LogP contribution in [0.2, 0.25) is 0 Å². The van der Waals surface area contributed by atoms with E-state index in [9.17, 15) is 14.7 Å². The summed E-state index contributed by atoms with van der Waals surface area (Å²) < 4.78 is 5.31. The maximum Gasteiger partial charge on any atom is 0.305 e. The van der Waals surface area contributed by atoms with Crippen LogP contribution in [0.1, 0.15) is 60.4 Å². The topological polar surface area (TPSA) is 88.5 Å². The third-order valence-electron chi connectivity index (χ3n) is 3.96. The predicted molar refractivity (Wildman–Crippen MR) is 88.1 cm³/mol. The standard InChI is InChI=1S/C16H24N2O4S/c1-10-12(23-14(17-10)15(2,3)4)13(21)18-16(9-11(19)20)5-7-22-8-6-16/h5-9H2,1-4H3,(H,18,21)(H,19,20). The van der Waals surface area contributed by atoms with Crippen LogP contribution in [0.3, 0.4) is 0 Å². The first-order valence-corrected chi connectivity index (χ1v) is 8.55. The zero-order chi connectivity index (χ0) is 17.3. The van der Waals surface area contributed by atoms with Crippen LogP contribution in [0.4, 0.5) is 0 Å². The summed E-state index contributed by atoms with van der Waals surface area (Å²) in [4.78, 5) is 28.9. The molecular weight excluding hydrogens is 316 g/mol. The fourth-order valence-corrected chi connectivity index (χ4v) is 3.64. The number of hydrogen-bond acceptors (Lipinski definition) is 5. The summed E-state index contributed by atoms with van der Waals surface area (Å²) in [6, 6.07) is 0. The molecule has 1 aromatic rings. The monoisotopic (exact) mass is 340 g/mol. The number of ether oxygens (including phenoxy) is 1. The SMILES string of the molecule is Cc1nc(C(C)(C)C)sc1C(=O)NC1(CC(=O)O)CCOCC1. The summed E-state index contributed by atoms with van der Waals surface area (Å²) >= 11 is 1.38. The first kappa shape index (κ1) is 17.9. The molecule has 6 nitrogen and oxygen atoms in total. The Kier molecular flexibility index (Phi) is 5.10. The minimum atomic E-state index is -0.913. The molecule has 1 aliphatic rings. The van der Waals surface area contributed by atoms with Gasteiger partial charge in [-0.25, -0.2) is 4.98 Å². The molecule has 0 saturated carbocycles. The predicted octanol–water partition coefficient (Wildman–Crippen LogP) is 2.50. The van der Waals surface area contributed by atoms with Gasteiger partial charge in [0.25, 0.3) is 5.91 Å². The van der Waals surface area contributed by atoms with E-state index in [2.05, 4.69) is 31.1 Å². The van der Waals surface area contributed by atoms with E-state index in [0.717, 1.165) is 5.01 Å². The van der Waals surface area contributed by atoms with E-state index in [-0.39, 0.29) is 17.7 Å². The number of nitrogens with zero attached hydrogens (tertiary/aromatic N) is 1. The van der Waals surface area contributed by atoms with Gasteiger partial charge in [-0.3, -0.25) is 9.59 Å². The molecule has 0 atom stereocenters. The average molecular weight is 340 g/mol. The van der Waals surface area contributed by atoms with Crippen LogP contribution >= 0.6 is 11.3 Å². The normalized spacial score (nSPS) is 17.7. The lowest BCUT2D eigenvalue weighted by Crippen LogP contribution is -2.53. The number of carboxylic acid groups (broad SMARTS) is 1. The van der Waals surface area contributed by atoms with Crippen molar-refractivity contribution in [2.45, 2.75) is 57.9 Å². The number of carbonyl (C=O) groups excluding carboxylic acids is 1. The maximum atomic E-state index is 12.7. The van der Waals surface area contributed by atoms with Gasteiger partial charge in [-0.2, -0.15) is 0 Å². The zero-order valence-electron chi connectivity index (χ0n) is 14.1. The number of nitrogens with one attached hydrogen (secondary N) is 1. The molecule has 0 unspecified atom stereocenters. The van der Waals surface area contributed by atoms with Gasteiger partial charge in [0.15, 0.2) is 0 Å². The number of aromatic nitrogens is 1. The van der Waals surface area contributed by atoms with Crippen molar-refractivity contribution in [2.24, 2.45) is 0 Å². The highest BCUT2D eigenvalue weighted by Crippen LogP contribution is 2.31. The largest absolute Gasteiger partial charge is 0.481 e. The molecule has 0 spiro atoms. The van der Waals surface area contributed by atoms with E-state index in [1.165, 1.54) is 11.3 Å². The number of carboxylic acids is 1. The van der Waals surface area contributed by atoms with Crippen molar-refractivity contribution < 1.29 is 19.4 Å². The second-order valence-electron chi connectivity index (χ2n) is 7.10. The molecule has 2 rings (SSSR count). The lowest BCUT2D eigenvalue weighted by molar-refractivity contribution is -0.139. The summed E-state index contributed by atoms with van der Waals surface area (Å²) in [5.41, 5.74) is -0.166. The fourth-order valence-electron chi connectivity index (χ4n) is 2.62. The molecule has 2 N–H and O–H groups in total. The molecule has 2 heterocycles. The van der Waals surface area contributed by atoms with E-state index < -0.39 is 11.5 Å². The Bertz CT molecular complexity index is 598. The zero-order valence-corrected chi connectivity index (χ0v) is 14.9. The lowest BCUT2D eigenvalue weighted by atomic mass is 9.86. The summed E-state index contributed by atoms with van der Waals surface area (Å²) in [5, 5.41) is 13.0. The van der Waals surface area contributed by atoms with Gasteiger partial charge in [0.05, 0.1) is 22.7 Å². The minimum absolute atomic E-state index is 0.0912.